The molecule has 1 aliphatic heterocycles. The van der Waals surface area contributed by atoms with Crippen LogP contribution >= 0.6 is 0 Å². The fourth-order valence-corrected chi connectivity index (χ4v) is 3.61. The highest BCUT2D eigenvalue weighted by atomic mass is 19.1. The van der Waals surface area contributed by atoms with E-state index < -0.39 is 0 Å². The van der Waals surface area contributed by atoms with E-state index in [-0.39, 0.29) is 17.6 Å². The Kier molecular flexibility index (Phi) is 4.06. The van der Waals surface area contributed by atoms with Gasteiger partial charge >= 0.3 is 0 Å². The zero-order valence-electron chi connectivity index (χ0n) is 14.5. The summed E-state index contributed by atoms with van der Waals surface area (Å²) in [5, 5.41) is 4.76. The van der Waals surface area contributed by atoms with Crippen LogP contribution in [-0.4, -0.2) is 38.7 Å². The lowest BCUT2D eigenvalue weighted by molar-refractivity contribution is 0.0701. The number of nitrogens with two attached hydrogens (primary N) is 1. The summed E-state index contributed by atoms with van der Waals surface area (Å²) in [6.45, 7) is 1.30. The molecule has 3 aromatic rings. The molecule has 0 radical (unpaired) electrons. The van der Waals surface area contributed by atoms with Crippen molar-refractivity contribution in [2.24, 2.45) is 7.05 Å². The molecular formula is C19H20FN5O. The SMILES string of the molecule is Cn1nccc1C(=O)N1CCC(c2nc3ccc(F)cc3cc2N)CC1. The van der Waals surface area contributed by atoms with Gasteiger partial charge < -0.3 is 10.6 Å². The summed E-state index contributed by atoms with van der Waals surface area (Å²) in [6.07, 6.45) is 3.23. The lowest BCUT2D eigenvalue weighted by atomic mass is 9.91. The van der Waals surface area contributed by atoms with E-state index in [1.54, 1.807) is 36.1 Å². The van der Waals surface area contributed by atoms with Crippen molar-refractivity contribution < 1.29 is 9.18 Å². The first-order chi connectivity index (χ1) is 12.5. The summed E-state index contributed by atoms with van der Waals surface area (Å²) >= 11 is 0. The first-order valence-electron chi connectivity index (χ1n) is 8.66. The second kappa shape index (κ2) is 6.40. The molecule has 0 spiro atoms. The maximum Gasteiger partial charge on any atom is 0.272 e. The average molecular weight is 353 g/mol. The maximum absolute atomic E-state index is 13.4. The van der Waals surface area contributed by atoms with E-state index in [2.05, 4.69) is 10.1 Å². The van der Waals surface area contributed by atoms with Gasteiger partial charge in [-0.25, -0.2) is 4.39 Å². The van der Waals surface area contributed by atoms with Gasteiger partial charge in [0, 0.05) is 37.6 Å². The van der Waals surface area contributed by atoms with Crippen LogP contribution in [0.4, 0.5) is 10.1 Å². The molecule has 0 unspecified atom stereocenters. The number of hydrogen-bond acceptors (Lipinski definition) is 4. The molecule has 1 fully saturated rings. The van der Waals surface area contributed by atoms with Crippen molar-refractivity contribution in [3.8, 4) is 0 Å². The molecule has 6 nitrogen and oxygen atoms in total. The molecule has 0 bridgehead atoms. The number of aryl methyl sites for hydroxylation is 1. The summed E-state index contributed by atoms with van der Waals surface area (Å²) in [4.78, 5) is 19.1. The Bertz CT molecular complexity index is 975. The topological polar surface area (TPSA) is 77.0 Å². The Hall–Kier alpha value is -2.96. The molecule has 1 saturated heterocycles. The van der Waals surface area contributed by atoms with Crippen molar-refractivity contribution >= 4 is 22.5 Å². The number of likely N-dealkylation sites (tertiary alicyclic amines) is 1. The third kappa shape index (κ3) is 2.89. The second-order valence-electron chi connectivity index (χ2n) is 6.71. The van der Waals surface area contributed by atoms with Gasteiger partial charge in [0.05, 0.1) is 16.9 Å². The van der Waals surface area contributed by atoms with E-state index in [4.69, 9.17) is 5.73 Å². The number of benzene rings is 1. The van der Waals surface area contributed by atoms with Crippen molar-refractivity contribution in [1.29, 1.82) is 0 Å². The van der Waals surface area contributed by atoms with Gasteiger partial charge in [-0.2, -0.15) is 5.10 Å². The molecule has 7 heteroatoms. The van der Waals surface area contributed by atoms with Crippen LogP contribution in [0.15, 0.2) is 36.5 Å². The lowest BCUT2D eigenvalue weighted by Crippen LogP contribution is -2.39. The molecule has 4 rings (SSSR count). The lowest BCUT2D eigenvalue weighted by Gasteiger charge is -2.32. The molecular weight excluding hydrogens is 333 g/mol. The number of rotatable bonds is 2. The minimum absolute atomic E-state index is 0.00151. The van der Waals surface area contributed by atoms with E-state index in [9.17, 15) is 9.18 Å². The number of carbonyl (C=O) groups is 1. The highest BCUT2D eigenvalue weighted by Crippen LogP contribution is 2.32. The monoisotopic (exact) mass is 353 g/mol. The van der Waals surface area contributed by atoms with Gasteiger partial charge in [0.2, 0.25) is 0 Å². The van der Waals surface area contributed by atoms with Gasteiger partial charge in [-0.1, -0.05) is 0 Å². The van der Waals surface area contributed by atoms with Crippen LogP contribution in [0.5, 0.6) is 0 Å². The zero-order valence-corrected chi connectivity index (χ0v) is 14.5. The number of nitrogen functional groups attached to an aromatic ring is 1. The maximum atomic E-state index is 13.4. The molecule has 2 aromatic heterocycles. The fourth-order valence-electron chi connectivity index (χ4n) is 3.61. The first-order valence-corrected chi connectivity index (χ1v) is 8.66. The smallest absolute Gasteiger partial charge is 0.272 e. The number of halogens is 1. The van der Waals surface area contributed by atoms with E-state index in [1.807, 2.05) is 4.90 Å². The van der Waals surface area contributed by atoms with Crippen molar-refractivity contribution in [3.63, 3.8) is 0 Å². The van der Waals surface area contributed by atoms with E-state index in [0.717, 1.165) is 24.1 Å². The predicted molar refractivity (Wildman–Crippen MR) is 97.2 cm³/mol. The van der Waals surface area contributed by atoms with E-state index >= 15 is 0 Å². The third-order valence-corrected chi connectivity index (χ3v) is 5.05. The number of amides is 1. The van der Waals surface area contributed by atoms with Gasteiger partial charge in [0.15, 0.2) is 0 Å². The molecule has 0 aliphatic carbocycles. The fraction of sp³-hybridized carbons (Fsp3) is 0.316. The van der Waals surface area contributed by atoms with Crippen molar-refractivity contribution in [2.45, 2.75) is 18.8 Å². The standard InChI is InChI=1S/C19H20FN5O/c1-24-17(4-7-22-24)19(26)25-8-5-12(6-9-25)18-15(21)11-13-10-14(20)2-3-16(13)23-18/h2-4,7,10-12H,5-6,8-9,21H2,1H3. The number of piperidine rings is 1. The van der Waals surface area contributed by atoms with Gasteiger partial charge in [0.1, 0.15) is 11.5 Å². The van der Waals surface area contributed by atoms with Crippen LogP contribution in [-0.2, 0) is 7.05 Å². The number of anilines is 1. The molecule has 2 N–H and O–H groups in total. The Morgan fingerprint density at radius 1 is 1.23 bits per heavy atom. The number of fused-ring (bicyclic) bond motifs is 1. The molecule has 1 aromatic carbocycles. The van der Waals surface area contributed by atoms with E-state index in [0.29, 0.717) is 29.9 Å². The Balaban J connectivity index is 1.52. The minimum Gasteiger partial charge on any atom is -0.397 e. The third-order valence-electron chi connectivity index (χ3n) is 5.05. The van der Waals surface area contributed by atoms with Gasteiger partial charge in [-0.05, 0) is 43.2 Å². The van der Waals surface area contributed by atoms with E-state index in [1.165, 1.54) is 12.1 Å². The quantitative estimate of drug-likeness (QED) is 0.768. The van der Waals surface area contributed by atoms with Crippen LogP contribution in [0.3, 0.4) is 0 Å². The van der Waals surface area contributed by atoms with Crippen LogP contribution in [0.1, 0.15) is 34.9 Å². The summed E-state index contributed by atoms with van der Waals surface area (Å²) in [7, 11) is 1.77. The number of hydrogen-bond donors (Lipinski definition) is 1. The molecule has 1 amide bonds. The number of carbonyl (C=O) groups excluding carboxylic acids is 1. The normalized spacial score (nSPS) is 15.5. The molecule has 0 atom stereocenters. The Morgan fingerprint density at radius 2 is 2.00 bits per heavy atom. The van der Waals surface area contributed by atoms with Crippen molar-refractivity contribution in [1.82, 2.24) is 19.7 Å². The summed E-state index contributed by atoms with van der Waals surface area (Å²) in [6, 6.07) is 8.04. The molecule has 3 heterocycles. The Morgan fingerprint density at radius 3 is 2.69 bits per heavy atom. The van der Waals surface area contributed by atoms with Crippen LogP contribution in [0.25, 0.3) is 10.9 Å². The summed E-state index contributed by atoms with van der Waals surface area (Å²) < 4.78 is 15.0. The molecule has 26 heavy (non-hydrogen) atoms. The van der Waals surface area contributed by atoms with Crippen LogP contribution < -0.4 is 5.73 Å². The second-order valence-corrected chi connectivity index (χ2v) is 6.71. The minimum atomic E-state index is -0.298. The van der Waals surface area contributed by atoms with Crippen molar-refractivity contribution in [2.75, 3.05) is 18.8 Å². The van der Waals surface area contributed by atoms with Crippen molar-refractivity contribution in [3.05, 3.63) is 53.7 Å². The summed E-state index contributed by atoms with van der Waals surface area (Å²) in [5.41, 5.74) is 8.94. The summed E-state index contributed by atoms with van der Waals surface area (Å²) in [5.74, 6) is -0.105. The average Bonchev–Trinajstić information content (AvgIpc) is 3.06. The predicted octanol–water partition coefficient (Wildman–Crippen LogP) is 2.71. The highest BCUT2D eigenvalue weighted by Gasteiger charge is 2.27. The molecule has 0 saturated carbocycles. The number of pyridine rings is 1. The van der Waals surface area contributed by atoms with Crippen LogP contribution in [0.2, 0.25) is 0 Å². The van der Waals surface area contributed by atoms with Gasteiger partial charge in [-0.15, -0.1) is 0 Å². The largest absolute Gasteiger partial charge is 0.397 e. The number of aromatic nitrogens is 3. The number of nitrogens with zero attached hydrogens (tertiary/aromatic N) is 4. The Labute approximate surface area is 150 Å². The highest BCUT2D eigenvalue weighted by molar-refractivity contribution is 5.92. The van der Waals surface area contributed by atoms with Crippen LogP contribution in [0, 0.1) is 5.82 Å². The first kappa shape index (κ1) is 16.5. The molecule has 1 aliphatic rings. The van der Waals surface area contributed by atoms with Gasteiger partial charge in [-0.3, -0.25) is 14.5 Å². The van der Waals surface area contributed by atoms with Gasteiger partial charge in [0.25, 0.3) is 5.91 Å². The molecule has 134 valence electrons. The zero-order chi connectivity index (χ0) is 18.3.